The van der Waals surface area contributed by atoms with E-state index in [0.29, 0.717) is 12.5 Å². The molecule has 1 rings (SSSR count). The van der Waals surface area contributed by atoms with E-state index in [9.17, 15) is 4.79 Å². The summed E-state index contributed by atoms with van der Waals surface area (Å²) in [7, 11) is 0. The topological polar surface area (TPSA) is 52.3 Å². The second-order valence-electron chi connectivity index (χ2n) is 4.02. The summed E-state index contributed by atoms with van der Waals surface area (Å²) in [6.45, 7) is 4.66. The highest BCUT2D eigenvalue weighted by molar-refractivity contribution is 7.10. The Hall–Kier alpha value is -0.870. The molecule has 2 N–H and O–H groups in total. The first-order valence-electron chi connectivity index (χ1n) is 5.60. The average Bonchev–Trinajstić information content (AvgIpc) is 2.78. The van der Waals surface area contributed by atoms with Crippen molar-refractivity contribution in [1.82, 2.24) is 0 Å². The summed E-state index contributed by atoms with van der Waals surface area (Å²) in [5.74, 6) is 0.0786. The molecule has 2 unspecified atom stereocenters. The van der Waals surface area contributed by atoms with Gasteiger partial charge in [0.05, 0.1) is 6.61 Å². The molecule has 0 aromatic carbocycles. The predicted octanol–water partition coefficient (Wildman–Crippen LogP) is 2.73. The summed E-state index contributed by atoms with van der Waals surface area (Å²) in [4.78, 5) is 12.5. The van der Waals surface area contributed by atoms with Gasteiger partial charge in [0.2, 0.25) is 0 Å². The summed E-state index contributed by atoms with van der Waals surface area (Å²) >= 11 is 1.48. The zero-order valence-electron chi connectivity index (χ0n) is 9.81. The highest BCUT2D eigenvalue weighted by Gasteiger charge is 2.18. The summed E-state index contributed by atoms with van der Waals surface area (Å²) in [6, 6.07) is 3.10. The molecule has 3 nitrogen and oxygen atoms in total. The Morgan fingerprint density at radius 1 is 1.62 bits per heavy atom. The van der Waals surface area contributed by atoms with Crippen LogP contribution in [0, 0.1) is 5.92 Å². The van der Waals surface area contributed by atoms with Gasteiger partial charge in [-0.3, -0.25) is 0 Å². The van der Waals surface area contributed by atoms with E-state index in [1.807, 2.05) is 17.5 Å². The van der Waals surface area contributed by atoms with Gasteiger partial charge in [-0.2, -0.15) is 0 Å². The smallest absolute Gasteiger partial charge is 0.328 e. The number of hydrogen-bond acceptors (Lipinski definition) is 4. The molecule has 0 saturated carbocycles. The molecule has 0 aliphatic rings. The highest BCUT2D eigenvalue weighted by atomic mass is 32.1. The number of carbonyl (C=O) groups excluding carboxylic acids is 1. The van der Waals surface area contributed by atoms with Crippen molar-refractivity contribution in [3.8, 4) is 0 Å². The van der Waals surface area contributed by atoms with E-state index in [4.69, 9.17) is 10.5 Å². The molecule has 0 bridgehead atoms. The Morgan fingerprint density at radius 3 is 2.94 bits per heavy atom. The molecular formula is C12H19NO2S. The molecule has 16 heavy (non-hydrogen) atoms. The van der Waals surface area contributed by atoms with Gasteiger partial charge in [-0.05, 0) is 23.8 Å². The molecule has 0 saturated heterocycles. The van der Waals surface area contributed by atoms with Crippen molar-refractivity contribution in [3.05, 3.63) is 22.4 Å². The number of rotatable bonds is 6. The van der Waals surface area contributed by atoms with E-state index in [1.165, 1.54) is 11.3 Å². The Bertz CT molecular complexity index is 311. The monoisotopic (exact) mass is 241 g/mol. The van der Waals surface area contributed by atoms with Crippen LogP contribution in [0.5, 0.6) is 0 Å². The number of ether oxygens (including phenoxy) is 1. The molecule has 1 aromatic rings. The fourth-order valence-electron chi connectivity index (χ4n) is 1.47. The van der Waals surface area contributed by atoms with E-state index >= 15 is 0 Å². The number of carbonyl (C=O) groups is 1. The van der Waals surface area contributed by atoms with E-state index in [1.54, 1.807) is 0 Å². The van der Waals surface area contributed by atoms with E-state index in [-0.39, 0.29) is 5.97 Å². The maximum Gasteiger partial charge on any atom is 0.328 e. The number of nitrogens with two attached hydrogens (primary N) is 1. The lowest BCUT2D eigenvalue weighted by Crippen LogP contribution is -2.24. The minimum atomic E-state index is -0.631. The molecule has 1 heterocycles. The average molecular weight is 241 g/mol. The molecule has 1 aromatic heterocycles. The van der Waals surface area contributed by atoms with Crippen molar-refractivity contribution in [1.29, 1.82) is 0 Å². The SMILES string of the molecule is CCCC(C)COC(=O)C(N)c1cccs1. The fourth-order valence-corrected chi connectivity index (χ4v) is 2.19. The summed E-state index contributed by atoms with van der Waals surface area (Å²) < 4.78 is 5.18. The molecule has 4 heteroatoms. The van der Waals surface area contributed by atoms with Crippen LogP contribution in [-0.2, 0) is 9.53 Å². The van der Waals surface area contributed by atoms with E-state index < -0.39 is 6.04 Å². The van der Waals surface area contributed by atoms with Crippen molar-refractivity contribution in [2.24, 2.45) is 11.7 Å². The van der Waals surface area contributed by atoms with Crippen molar-refractivity contribution in [3.63, 3.8) is 0 Å². The van der Waals surface area contributed by atoms with Crippen LogP contribution < -0.4 is 5.73 Å². The third-order valence-electron chi connectivity index (χ3n) is 2.40. The first kappa shape index (κ1) is 13.2. The van der Waals surface area contributed by atoms with Gasteiger partial charge in [0.15, 0.2) is 0 Å². The zero-order valence-corrected chi connectivity index (χ0v) is 10.6. The van der Waals surface area contributed by atoms with Gasteiger partial charge in [-0.25, -0.2) is 4.79 Å². The van der Waals surface area contributed by atoms with Gasteiger partial charge in [0, 0.05) is 4.88 Å². The molecule has 0 aliphatic carbocycles. The predicted molar refractivity (Wildman–Crippen MR) is 66.3 cm³/mol. The molecule has 2 atom stereocenters. The summed E-state index contributed by atoms with van der Waals surface area (Å²) in [6.07, 6.45) is 2.18. The van der Waals surface area contributed by atoms with Gasteiger partial charge in [-0.15, -0.1) is 11.3 Å². The molecule has 0 fully saturated rings. The van der Waals surface area contributed by atoms with Gasteiger partial charge in [0.1, 0.15) is 6.04 Å². The Morgan fingerprint density at radius 2 is 2.38 bits per heavy atom. The number of hydrogen-bond donors (Lipinski definition) is 1. The lowest BCUT2D eigenvalue weighted by molar-refractivity contribution is -0.146. The lowest BCUT2D eigenvalue weighted by atomic mass is 10.1. The Balaban J connectivity index is 2.35. The van der Waals surface area contributed by atoms with Crippen LogP contribution in [-0.4, -0.2) is 12.6 Å². The van der Waals surface area contributed by atoms with Crippen molar-refractivity contribution in [2.45, 2.75) is 32.7 Å². The third kappa shape index (κ3) is 3.94. The number of thiophene rings is 1. The standard InChI is InChI=1S/C12H19NO2S/c1-3-5-9(2)8-15-12(14)11(13)10-6-4-7-16-10/h4,6-7,9,11H,3,5,8,13H2,1-2H3. The molecule has 0 aliphatic heterocycles. The Kier molecular flexibility index (Phi) is 5.49. The van der Waals surface area contributed by atoms with Crippen LogP contribution in [0.1, 0.15) is 37.6 Å². The van der Waals surface area contributed by atoms with Gasteiger partial charge >= 0.3 is 5.97 Å². The third-order valence-corrected chi connectivity index (χ3v) is 3.35. The van der Waals surface area contributed by atoms with Gasteiger partial charge < -0.3 is 10.5 Å². The zero-order chi connectivity index (χ0) is 12.0. The first-order valence-corrected chi connectivity index (χ1v) is 6.48. The highest BCUT2D eigenvalue weighted by Crippen LogP contribution is 2.18. The summed E-state index contributed by atoms with van der Waals surface area (Å²) in [5.41, 5.74) is 5.78. The lowest BCUT2D eigenvalue weighted by Gasteiger charge is -2.13. The minimum Gasteiger partial charge on any atom is -0.464 e. The fraction of sp³-hybridized carbons (Fsp3) is 0.583. The van der Waals surface area contributed by atoms with Crippen LogP contribution in [0.15, 0.2) is 17.5 Å². The van der Waals surface area contributed by atoms with Crippen LogP contribution >= 0.6 is 11.3 Å². The van der Waals surface area contributed by atoms with Gasteiger partial charge in [-0.1, -0.05) is 26.3 Å². The molecule has 0 spiro atoms. The van der Waals surface area contributed by atoms with Crippen LogP contribution in [0.2, 0.25) is 0 Å². The van der Waals surface area contributed by atoms with Crippen molar-refractivity contribution in [2.75, 3.05) is 6.61 Å². The second-order valence-corrected chi connectivity index (χ2v) is 5.00. The summed E-state index contributed by atoms with van der Waals surface area (Å²) in [5, 5.41) is 1.90. The normalized spacial score (nSPS) is 14.4. The van der Waals surface area contributed by atoms with Crippen LogP contribution in [0.3, 0.4) is 0 Å². The van der Waals surface area contributed by atoms with E-state index in [2.05, 4.69) is 13.8 Å². The maximum atomic E-state index is 11.6. The van der Waals surface area contributed by atoms with Crippen LogP contribution in [0.4, 0.5) is 0 Å². The largest absolute Gasteiger partial charge is 0.464 e. The quantitative estimate of drug-likeness (QED) is 0.779. The van der Waals surface area contributed by atoms with Crippen molar-refractivity contribution < 1.29 is 9.53 Å². The van der Waals surface area contributed by atoms with E-state index in [0.717, 1.165) is 17.7 Å². The van der Waals surface area contributed by atoms with Crippen LogP contribution in [0.25, 0.3) is 0 Å². The first-order chi connectivity index (χ1) is 7.65. The molecule has 90 valence electrons. The number of esters is 1. The Labute approximate surface area is 101 Å². The molecule has 0 radical (unpaired) electrons. The van der Waals surface area contributed by atoms with Gasteiger partial charge in [0.25, 0.3) is 0 Å². The maximum absolute atomic E-state index is 11.6. The molecule has 0 amide bonds. The van der Waals surface area contributed by atoms with Crippen molar-refractivity contribution >= 4 is 17.3 Å². The molecular weight excluding hydrogens is 222 g/mol. The second kappa shape index (κ2) is 6.66. The minimum absolute atomic E-state index is 0.328.